The number of aromatic nitrogens is 2. The Morgan fingerprint density at radius 2 is 1.61 bits per heavy atom. The number of nitrogens with zero attached hydrogens (tertiary/aromatic N) is 2. The van der Waals surface area contributed by atoms with Crippen molar-refractivity contribution in [3.8, 4) is 17.2 Å². The van der Waals surface area contributed by atoms with E-state index in [0.29, 0.717) is 46.0 Å². The fourth-order valence-corrected chi connectivity index (χ4v) is 4.45. The van der Waals surface area contributed by atoms with Crippen LogP contribution in [-0.2, 0) is 9.59 Å². The van der Waals surface area contributed by atoms with E-state index in [1.165, 1.54) is 4.90 Å². The molecule has 38 heavy (non-hydrogen) atoms. The number of aromatic amines is 1. The zero-order valence-corrected chi connectivity index (χ0v) is 21.2. The van der Waals surface area contributed by atoms with Crippen molar-refractivity contribution in [3.63, 3.8) is 0 Å². The van der Waals surface area contributed by atoms with Crippen LogP contribution in [0.4, 0.5) is 5.95 Å². The molecule has 5 rings (SSSR count). The van der Waals surface area contributed by atoms with Gasteiger partial charge in [0.25, 0.3) is 5.78 Å². The van der Waals surface area contributed by atoms with E-state index in [9.17, 15) is 14.7 Å². The molecule has 1 aliphatic heterocycles. The Labute approximate surface area is 219 Å². The molecule has 1 amide bonds. The van der Waals surface area contributed by atoms with E-state index in [1.807, 2.05) is 6.92 Å². The van der Waals surface area contributed by atoms with Gasteiger partial charge in [-0.25, -0.2) is 4.98 Å². The van der Waals surface area contributed by atoms with Crippen molar-refractivity contribution >= 4 is 34.4 Å². The molecule has 0 spiro atoms. The Bertz CT molecular complexity index is 1520. The Balaban J connectivity index is 1.64. The van der Waals surface area contributed by atoms with Crippen LogP contribution in [0, 0.1) is 0 Å². The van der Waals surface area contributed by atoms with Crippen molar-refractivity contribution in [2.24, 2.45) is 0 Å². The SMILES string of the molecule is CCCOc1ccc(/C(O)=C2\C(=O)C(=O)N(c3nc4ccc(OC)cc4[nH]3)C2c2ccc(OC)cc2)cc1. The number of aliphatic hydroxyl groups is 1. The second-order valence-electron chi connectivity index (χ2n) is 8.76. The molecule has 1 atom stereocenters. The van der Waals surface area contributed by atoms with Gasteiger partial charge >= 0.3 is 5.91 Å². The third-order valence-electron chi connectivity index (χ3n) is 6.38. The first kappa shape index (κ1) is 24.9. The average molecular weight is 514 g/mol. The van der Waals surface area contributed by atoms with E-state index >= 15 is 0 Å². The highest BCUT2D eigenvalue weighted by molar-refractivity contribution is 6.51. The molecule has 2 heterocycles. The average Bonchev–Trinajstić information content (AvgIpc) is 3.49. The molecule has 1 aliphatic rings. The molecule has 9 heteroatoms. The van der Waals surface area contributed by atoms with Gasteiger partial charge < -0.3 is 24.3 Å². The summed E-state index contributed by atoms with van der Waals surface area (Å²) in [7, 11) is 3.11. The van der Waals surface area contributed by atoms with Crippen molar-refractivity contribution in [2.75, 3.05) is 25.7 Å². The number of rotatable bonds is 8. The zero-order chi connectivity index (χ0) is 26.8. The van der Waals surface area contributed by atoms with Gasteiger partial charge in [0.1, 0.15) is 23.0 Å². The van der Waals surface area contributed by atoms with Gasteiger partial charge in [0, 0.05) is 11.6 Å². The lowest BCUT2D eigenvalue weighted by atomic mass is 9.95. The van der Waals surface area contributed by atoms with Gasteiger partial charge in [-0.3, -0.25) is 14.5 Å². The van der Waals surface area contributed by atoms with Crippen molar-refractivity contribution in [1.29, 1.82) is 0 Å². The van der Waals surface area contributed by atoms with Gasteiger partial charge in [0.2, 0.25) is 5.95 Å². The molecule has 1 fully saturated rings. The fourth-order valence-electron chi connectivity index (χ4n) is 4.45. The molecular weight excluding hydrogens is 486 g/mol. The number of ketones is 1. The van der Waals surface area contributed by atoms with Crippen LogP contribution in [0.25, 0.3) is 16.8 Å². The minimum absolute atomic E-state index is 0.0413. The highest BCUT2D eigenvalue weighted by Gasteiger charge is 2.48. The molecule has 194 valence electrons. The van der Waals surface area contributed by atoms with Crippen LogP contribution >= 0.6 is 0 Å². The highest BCUT2D eigenvalue weighted by atomic mass is 16.5. The summed E-state index contributed by atoms with van der Waals surface area (Å²) in [4.78, 5) is 35.8. The first-order valence-corrected chi connectivity index (χ1v) is 12.2. The lowest BCUT2D eigenvalue weighted by molar-refractivity contribution is -0.132. The Kier molecular flexibility index (Phi) is 6.74. The third kappa shape index (κ3) is 4.43. The molecule has 4 aromatic rings. The van der Waals surface area contributed by atoms with Gasteiger partial charge in [-0.05, 0) is 60.5 Å². The summed E-state index contributed by atoms with van der Waals surface area (Å²) in [5.74, 6) is 0.157. The number of imidazole rings is 1. The smallest absolute Gasteiger partial charge is 0.302 e. The van der Waals surface area contributed by atoms with E-state index in [2.05, 4.69) is 9.97 Å². The van der Waals surface area contributed by atoms with E-state index < -0.39 is 17.7 Å². The first-order chi connectivity index (χ1) is 18.4. The van der Waals surface area contributed by atoms with Gasteiger partial charge in [0.15, 0.2) is 0 Å². The molecule has 3 aromatic carbocycles. The van der Waals surface area contributed by atoms with Gasteiger partial charge in [-0.2, -0.15) is 0 Å². The number of methoxy groups -OCH3 is 2. The number of aliphatic hydroxyl groups excluding tert-OH is 1. The largest absolute Gasteiger partial charge is 0.507 e. The number of hydrogen-bond acceptors (Lipinski definition) is 7. The molecule has 9 nitrogen and oxygen atoms in total. The summed E-state index contributed by atoms with van der Waals surface area (Å²) in [5.41, 5.74) is 2.18. The maximum absolute atomic E-state index is 13.4. The highest BCUT2D eigenvalue weighted by Crippen LogP contribution is 2.42. The summed E-state index contributed by atoms with van der Waals surface area (Å²) in [6.45, 7) is 2.58. The number of amides is 1. The van der Waals surface area contributed by atoms with Crippen LogP contribution in [0.2, 0.25) is 0 Å². The number of carbonyl (C=O) groups is 2. The second kappa shape index (κ2) is 10.3. The van der Waals surface area contributed by atoms with Gasteiger partial charge in [-0.15, -0.1) is 0 Å². The standard InChI is InChI=1S/C29H27N3O6/c1-4-15-38-20-11-7-18(8-12-20)26(33)24-25(17-5-9-19(36-2)10-6-17)32(28(35)27(24)34)29-30-22-14-13-21(37-3)16-23(22)31-29/h5-14,16,25,33H,4,15H2,1-3H3,(H,30,31)/b26-24+. The van der Waals surface area contributed by atoms with Crippen LogP contribution < -0.4 is 19.1 Å². The molecule has 0 bridgehead atoms. The Morgan fingerprint density at radius 1 is 0.947 bits per heavy atom. The van der Waals surface area contributed by atoms with Crippen molar-refractivity contribution in [1.82, 2.24) is 9.97 Å². The fraction of sp³-hybridized carbons (Fsp3) is 0.207. The molecule has 1 aromatic heterocycles. The number of anilines is 1. The van der Waals surface area contributed by atoms with E-state index in [4.69, 9.17) is 14.2 Å². The number of benzene rings is 3. The van der Waals surface area contributed by atoms with E-state index in [0.717, 1.165) is 6.42 Å². The first-order valence-electron chi connectivity index (χ1n) is 12.2. The number of Topliss-reactive ketones (excluding diaryl/α,β-unsaturated/α-hetero) is 1. The summed E-state index contributed by atoms with van der Waals surface area (Å²) < 4.78 is 16.2. The number of nitrogens with one attached hydrogen (secondary N) is 1. The zero-order valence-electron chi connectivity index (χ0n) is 21.2. The minimum atomic E-state index is -0.931. The normalized spacial score (nSPS) is 16.7. The number of carbonyl (C=O) groups excluding carboxylic acids is 2. The predicted molar refractivity (Wildman–Crippen MR) is 143 cm³/mol. The summed E-state index contributed by atoms with van der Waals surface area (Å²) in [6, 6.07) is 18.1. The molecule has 0 radical (unpaired) electrons. The quantitative estimate of drug-likeness (QED) is 0.194. The van der Waals surface area contributed by atoms with Gasteiger partial charge in [-0.1, -0.05) is 19.1 Å². The number of H-pyrrole nitrogens is 1. The molecule has 0 aliphatic carbocycles. The molecule has 0 saturated carbocycles. The third-order valence-corrected chi connectivity index (χ3v) is 6.38. The minimum Gasteiger partial charge on any atom is -0.507 e. The Hall–Kier alpha value is -4.79. The number of ether oxygens (including phenoxy) is 3. The number of fused-ring (bicyclic) bond motifs is 1. The maximum Gasteiger partial charge on any atom is 0.302 e. The maximum atomic E-state index is 13.4. The number of hydrogen-bond donors (Lipinski definition) is 2. The topological polar surface area (TPSA) is 114 Å². The van der Waals surface area contributed by atoms with E-state index in [1.54, 1.807) is 80.9 Å². The Morgan fingerprint density at radius 3 is 2.26 bits per heavy atom. The monoisotopic (exact) mass is 513 g/mol. The van der Waals surface area contributed by atoms with Crippen LogP contribution in [0.5, 0.6) is 17.2 Å². The molecule has 2 N–H and O–H groups in total. The van der Waals surface area contributed by atoms with Crippen LogP contribution in [0.1, 0.15) is 30.5 Å². The lowest BCUT2D eigenvalue weighted by Crippen LogP contribution is -2.30. The van der Waals surface area contributed by atoms with Gasteiger partial charge in [0.05, 0.1) is 43.5 Å². The van der Waals surface area contributed by atoms with Crippen LogP contribution in [0.15, 0.2) is 72.3 Å². The van der Waals surface area contributed by atoms with Crippen LogP contribution in [-0.4, -0.2) is 47.6 Å². The van der Waals surface area contributed by atoms with Crippen molar-refractivity contribution in [2.45, 2.75) is 19.4 Å². The second-order valence-corrected chi connectivity index (χ2v) is 8.76. The lowest BCUT2D eigenvalue weighted by Gasteiger charge is -2.23. The molecule has 1 saturated heterocycles. The summed E-state index contributed by atoms with van der Waals surface area (Å²) in [6.07, 6.45) is 0.863. The van der Waals surface area contributed by atoms with Crippen LogP contribution in [0.3, 0.4) is 0 Å². The molecular formula is C29H27N3O6. The molecule has 1 unspecified atom stereocenters. The predicted octanol–water partition coefficient (Wildman–Crippen LogP) is 5.00. The van der Waals surface area contributed by atoms with E-state index in [-0.39, 0.29) is 17.3 Å². The van der Waals surface area contributed by atoms with Crippen molar-refractivity contribution in [3.05, 3.63) is 83.4 Å². The van der Waals surface area contributed by atoms with Crippen molar-refractivity contribution < 1.29 is 28.9 Å². The summed E-state index contributed by atoms with van der Waals surface area (Å²) >= 11 is 0. The summed E-state index contributed by atoms with van der Waals surface area (Å²) in [5, 5.41) is 11.3.